The standard InChI is InChI=1S/C25H20BrNO2S/c1-27(2)25-22(16-23(30-25)24(28)18-8-12-19(26)13-9-18)17-10-14-21(15-11-17)29-20-6-4-3-5-7-20/h3-16H,1-2H3. The number of nitrogens with zero attached hydrogens (tertiary/aromatic N) is 1. The zero-order valence-electron chi connectivity index (χ0n) is 16.6. The van der Waals surface area contributed by atoms with Crippen molar-refractivity contribution in [1.29, 1.82) is 0 Å². The van der Waals surface area contributed by atoms with Gasteiger partial charge in [0.15, 0.2) is 0 Å². The summed E-state index contributed by atoms with van der Waals surface area (Å²) >= 11 is 4.93. The number of carbonyl (C=O) groups is 1. The second-order valence-corrected chi connectivity index (χ2v) is 8.95. The summed E-state index contributed by atoms with van der Waals surface area (Å²) in [5.41, 5.74) is 2.77. The van der Waals surface area contributed by atoms with E-state index in [2.05, 4.69) is 15.9 Å². The Morgan fingerprint density at radius 1 is 0.867 bits per heavy atom. The van der Waals surface area contributed by atoms with Crippen LogP contribution in [0.15, 0.2) is 89.4 Å². The van der Waals surface area contributed by atoms with Crippen LogP contribution in [0.5, 0.6) is 11.5 Å². The number of para-hydroxylation sites is 1. The van der Waals surface area contributed by atoms with Gasteiger partial charge in [0, 0.05) is 29.7 Å². The molecule has 0 fully saturated rings. The summed E-state index contributed by atoms with van der Waals surface area (Å²) in [5.74, 6) is 1.61. The summed E-state index contributed by atoms with van der Waals surface area (Å²) in [6.45, 7) is 0. The SMILES string of the molecule is CN(C)c1sc(C(=O)c2ccc(Br)cc2)cc1-c1ccc(Oc2ccccc2)cc1. The van der Waals surface area contributed by atoms with Gasteiger partial charge >= 0.3 is 0 Å². The quantitative estimate of drug-likeness (QED) is 0.273. The lowest BCUT2D eigenvalue weighted by molar-refractivity contribution is 0.104. The molecule has 3 aromatic carbocycles. The molecule has 0 atom stereocenters. The van der Waals surface area contributed by atoms with Crippen molar-refractivity contribution >= 4 is 38.1 Å². The first-order valence-electron chi connectivity index (χ1n) is 9.46. The Morgan fingerprint density at radius 3 is 2.13 bits per heavy atom. The van der Waals surface area contributed by atoms with Crippen molar-refractivity contribution in [3.8, 4) is 22.6 Å². The summed E-state index contributed by atoms with van der Waals surface area (Å²) in [6, 6.07) is 27.1. The molecule has 0 N–H and O–H groups in total. The van der Waals surface area contributed by atoms with Crippen molar-refractivity contribution in [3.63, 3.8) is 0 Å². The second kappa shape index (κ2) is 8.86. The summed E-state index contributed by atoms with van der Waals surface area (Å²) < 4.78 is 6.85. The summed E-state index contributed by atoms with van der Waals surface area (Å²) in [6.07, 6.45) is 0. The highest BCUT2D eigenvalue weighted by atomic mass is 79.9. The number of ether oxygens (including phenoxy) is 1. The molecule has 0 saturated carbocycles. The van der Waals surface area contributed by atoms with Gasteiger partial charge < -0.3 is 9.64 Å². The zero-order chi connectivity index (χ0) is 21.1. The monoisotopic (exact) mass is 477 g/mol. The van der Waals surface area contributed by atoms with Gasteiger partial charge in [0.25, 0.3) is 0 Å². The van der Waals surface area contributed by atoms with Crippen LogP contribution in [0.1, 0.15) is 15.2 Å². The van der Waals surface area contributed by atoms with Gasteiger partial charge in [0.2, 0.25) is 5.78 Å². The van der Waals surface area contributed by atoms with Crippen molar-refractivity contribution in [2.75, 3.05) is 19.0 Å². The van der Waals surface area contributed by atoms with Crippen LogP contribution in [0, 0.1) is 0 Å². The molecule has 0 aliphatic heterocycles. The first-order valence-corrected chi connectivity index (χ1v) is 11.1. The lowest BCUT2D eigenvalue weighted by Crippen LogP contribution is -2.07. The predicted molar refractivity (Wildman–Crippen MR) is 128 cm³/mol. The van der Waals surface area contributed by atoms with Crippen molar-refractivity contribution in [1.82, 2.24) is 0 Å². The first-order chi connectivity index (χ1) is 14.5. The number of benzene rings is 3. The van der Waals surface area contributed by atoms with Gasteiger partial charge in [-0.25, -0.2) is 0 Å². The van der Waals surface area contributed by atoms with E-state index in [-0.39, 0.29) is 5.78 Å². The van der Waals surface area contributed by atoms with E-state index < -0.39 is 0 Å². The number of hydrogen-bond acceptors (Lipinski definition) is 4. The second-order valence-electron chi connectivity index (χ2n) is 7.00. The molecule has 0 aliphatic rings. The van der Waals surface area contributed by atoms with Crippen molar-refractivity contribution in [2.24, 2.45) is 0 Å². The molecule has 1 aromatic heterocycles. The number of hydrogen-bond donors (Lipinski definition) is 0. The smallest absolute Gasteiger partial charge is 0.203 e. The van der Waals surface area contributed by atoms with Crippen LogP contribution in [0.3, 0.4) is 0 Å². The first kappa shape index (κ1) is 20.4. The van der Waals surface area contributed by atoms with Crippen LogP contribution in [0.25, 0.3) is 11.1 Å². The molecule has 0 unspecified atom stereocenters. The lowest BCUT2D eigenvalue weighted by Gasteiger charge is -2.13. The third-order valence-electron chi connectivity index (χ3n) is 4.59. The number of ketones is 1. The van der Waals surface area contributed by atoms with Crippen LogP contribution in [-0.4, -0.2) is 19.9 Å². The van der Waals surface area contributed by atoms with Gasteiger partial charge in [-0.15, -0.1) is 11.3 Å². The van der Waals surface area contributed by atoms with Gasteiger partial charge in [-0.05, 0) is 60.2 Å². The van der Waals surface area contributed by atoms with E-state index in [9.17, 15) is 4.79 Å². The van der Waals surface area contributed by atoms with Gasteiger partial charge in [0.1, 0.15) is 11.5 Å². The molecule has 4 aromatic rings. The van der Waals surface area contributed by atoms with Crippen LogP contribution >= 0.6 is 27.3 Å². The van der Waals surface area contributed by atoms with Crippen LogP contribution in [0.4, 0.5) is 5.00 Å². The van der Waals surface area contributed by atoms with Crippen LogP contribution in [-0.2, 0) is 0 Å². The molecule has 150 valence electrons. The van der Waals surface area contributed by atoms with Crippen LogP contribution < -0.4 is 9.64 Å². The van der Waals surface area contributed by atoms with Crippen molar-refractivity contribution < 1.29 is 9.53 Å². The fraction of sp³-hybridized carbons (Fsp3) is 0.0800. The number of rotatable bonds is 6. The topological polar surface area (TPSA) is 29.5 Å². The minimum atomic E-state index is 0.0332. The Hall–Kier alpha value is -2.89. The highest BCUT2D eigenvalue weighted by Gasteiger charge is 2.18. The Kier molecular flexibility index (Phi) is 6.02. The Bertz CT molecular complexity index is 1150. The summed E-state index contributed by atoms with van der Waals surface area (Å²) in [7, 11) is 3.99. The predicted octanol–water partition coefficient (Wildman–Crippen LogP) is 7.27. The Balaban J connectivity index is 1.63. The van der Waals surface area contributed by atoms with Gasteiger partial charge in [-0.1, -0.05) is 46.3 Å². The number of anilines is 1. The largest absolute Gasteiger partial charge is 0.457 e. The Morgan fingerprint density at radius 2 is 1.50 bits per heavy atom. The van der Waals surface area contributed by atoms with E-state index in [1.54, 1.807) is 0 Å². The molecular weight excluding hydrogens is 458 g/mol. The molecule has 0 spiro atoms. The maximum absolute atomic E-state index is 13.0. The minimum absolute atomic E-state index is 0.0332. The third kappa shape index (κ3) is 4.48. The summed E-state index contributed by atoms with van der Waals surface area (Å²) in [4.78, 5) is 15.8. The molecule has 0 radical (unpaired) electrons. The van der Waals surface area contributed by atoms with Crippen molar-refractivity contribution in [2.45, 2.75) is 0 Å². The van der Waals surface area contributed by atoms with Gasteiger partial charge in [-0.3, -0.25) is 4.79 Å². The van der Waals surface area contributed by atoms with E-state index in [0.29, 0.717) is 5.56 Å². The molecule has 0 saturated heterocycles. The average molecular weight is 478 g/mol. The molecule has 3 nitrogen and oxygen atoms in total. The number of carbonyl (C=O) groups excluding carboxylic acids is 1. The zero-order valence-corrected chi connectivity index (χ0v) is 19.0. The maximum Gasteiger partial charge on any atom is 0.203 e. The van der Waals surface area contributed by atoms with E-state index in [1.807, 2.05) is 104 Å². The third-order valence-corrected chi connectivity index (χ3v) is 6.42. The maximum atomic E-state index is 13.0. The highest BCUT2D eigenvalue weighted by molar-refractivity contribution is 9.10. The fourth-order valence-electron chi connectivity index (χ4n) is 3.10. The van der Waals surface area contributed by atoms with E-state index in [0.717, 1.165) is 37.0 Å². The molecule has 5 heteroatoms. The molecule has 0 aliphatic carbocycles. The van der Waals surface area contributed by atoms with E-state index in [1.165, 1.54) is 11.3 Å². The number of halogens is 1. The summed E-state index contributed by atoms with van der Waals surface area (Å²) in [5, 5.41) is 1.05. The molecule has 1 heterocycles. The normalized spacial score (nSPS) is 10.6. The van der Waals surface area contributed by atoms with E-state index >= 15 is 0 Å². The molecule has 0 bridgehead atoms. The molecular formula is C25H20BrNO2S. The number of thiophene rings is 1. The van der Waals surface area contributed by atoms with Gasteiger partial charge in [0.05, 0.1) is 9.88 Å². The van der Waals surface area contributed by atoms with E-state index in [4.69, 9.17) is 4.74 Å². The highest BCUT2D eigenvalue weighted by Crippen LogP contribution is 2.39. The molecule has 30 heavy (non-hydrogen) atoms. The minimum Gasteiger partial charge on any atom is -0.457 e. The fourth-order valence-corrected chi connectivity index (χ4v) is 4.43. The molecule has 4 rings (SSSR count). The molecule has 0 amide bonds. The van der Waals surface area contributed by atoms with Gasteiger partial charge in [-0.2, -0.15) is 0 Å². The van der Waals surface area contributed by atoms with Crippen LogP contribution in [0.2, 0.25) is 0 Å². The average Bonchev–Trinajstić information content (AvgIpc) is 3.21. The van der Waals surface area contributed by atoms with Crippen molar-refractivity contribution in [3.05, 3.63) is 99.8 Å². The lowest BCUT2D eigenvalue weighted by atomic mass is 10.1. The Labute approximate surface area is 188 Å².